The molecule has 0 aliphatic carbocycles. The summed E-state index contributed by atoms with van der Waals surface area (Å²) in [6.45, 7) is 9.00. The topological polar surface area (TPSA) is 24.6 Å². The van der Waals surface area contributed by atoms with E-state index in [9.17, 15) is 0 Å². The lowest BCUT2D eigenvalue weighted by Crippen LogP contribution is -1.93. The lowest BCUT2D eigenvalue weighted by Gasteiger charge is -2.04. The van der Waals surface area contributed by atoms with Gasteiger partial charge in [-0.05, 0) is 17.6 Å². The summed E-state index contributed by atoms with van der Waals surface area (Å²) in [6, 6.07) is 9.48. The minimum atomic E-state index is -0.0386. The molecule has 0 bridgehead atoms. The van der Waals surface area contributed by atoms with Gasteiger partial charge in [-0.15, -0.1) is 0 Å². The average molecular weight is 187 g/mol. The quantitative estimate of drug-likeness (QED) is 0.723. The molecule has 0 aromatic heterocycles. The van der Waals surface area contributed by atoms with Crippen molar-refractivity contribution in [3.8, 4) is 0 Å². The van der Waals surface area contributed by atoms with Gasteiger partial charge < -0.3 is 5.11 Å². The standard InChI is InChI=1S/C12H13NO/c1-3-10(9-14)12(13-2)11-7-5-4-6-8-11/h4-8,14H,3,9H2,1H3/b12-10-. The molecule has 0 amide bonds. The van der Waals surface area contributed by atoms with E-state index in [2.05, 4.69) is 4.85 Å². The molecule has 0 aliphatic heterocycles. The van der Waals surface area contributed by atoms with Crippen LogP contribution in [0.5, 0.6) is 0 Å². The van der Waals surface area contributed by atoms with Crippen LogP contribution >= 0.6 is 0 Å². The Morgan fingerprint density at radius 3 is 2.43 bits per heavy atom. The normalized spacial score (nSPS) is 11.8. The lowest BCUT2D eigenvalue weighted by atomic mass is 10.1. The van der Waals surface area contributed by atoms with Gasteiger partial charge in [-0.2, -0.15) is 0 Å². The number of nitrogens with zero attached hydrogens (tertiary/aromatic N) is 1. The zero-order valence-electron chi connectivity index (χ0n) is 8.20. The summed E-state index contributed by atoms with van der Waals surface area (Å²) < 4.78 is 0. The molecule has 1 N–H and O–H groups in total. The summed E-state index contributed by atoms with van der Waals surface area (Å²) in [4.78, 5) is 3.47. The first kappa shape index (κ1) is 10.5. The Morgan fingerprint density at radius 2 is 2.00 bits per heavy atom. The molecule has 1 rings (SSSR count). The Morgan fingerprint density at radius 1 is 1.36 bits per heavy atom. The molecule has 0 fully saturated rings. The Hall–Kier alpha value is -1.59. The second-order valence-corrected chi connectivity index (χ2v) is 2.94. The molecule has 0 radical (unpaired) electrons. The molecule has 72 valence electrons. The first-order valence-corrected chi connectivity index (χ1v) is 4.59. The monoisotopic (exact) mass is 187 g/mol. The van der Waals surface area contributed by atoms with Gasteiger partial charge in [-0.1, -0.05) is 37.3 Å². The van der Waals surface area contributed by atoms with Crippen LogP contribution in [0.3, 0.4) is 0 Å². The predicted octanol–water partition coefficient (Wildman–Crippen LogP) is 2.72. The summed E-state index contributed by atoms with van der Waals surface area (Å²) in [5.41, 5.74) is 2.26. The summed E-state index contributed by atoms with van der Waals surface area (Å²) in [5, 5.41) is 9.09. The predicted molar refractivity (Wildman–Crippen MR) is 57.3 cm³/mol. The number of aliphatic hydroxyl groups excluding tert-OH is 1. The molecular formula is C12H13NO. The molecule has 1 aromatic carbocycles. The van der Waals surface area contributed by atoms with Gasteiger partial charge in [-0.25, -0.2) is 4.85 Å². The van der Waals surface area contributed by atoms with Gasteiger partial charge in [0.25, 0.3) is 0 Å². The summed E-state index contributed by atoms with van der Waals surface area (Å²) in [5.74, 6) is 0. The highest BCUT2D eigenvalue weighted by atomic mass is 16.3. The van der Waals surface area contributed by atoms with E-state index in [1.165, 1.54) is 0 Å². The smallest absolute Gasteiger partial charge is 0.195 e. The third-order valence-corrected chi connectivity index (χ3v) is 2.11. The Bertz CT molecular complexity index is 354. The lowest BCUT2D eigenvalue weighted by molar-refractivity contribution is 0.328. The largest absolute Gasteiger partial charge is 0.393 e. The van der Waals surface area contributed by atoms with Crippen molar-refractivity contribution in [1.82, 2.24) is 0 Å². The van der Waals surface area contributed by atoms with Crippen molar-refractivity contribution < 1.29 is 5.11 Å². The van der Waals surface area contributed by atoms with Crippen LogP contribution in [0.25, 0.3) is 10.5 Å². The molecule has 0 saturated carbocycles. The molecule has 0 atom stereocenters. The molecule has 0 unspecified atom stereocenters. The zero-order valence-corrected chi connectivity index (χ0v) is 8.20. The minimum absolute atomic E-state index is 0.0386. The number of hydrogen-bond acceptors (Lipinski definition) is 1. The fourth-order valence-corrected chi connectivity index (χ4v) is 1.30. The molecule has 0 heterocycles. The summed E-state index contributed by atoms with van der Waals surface area (Å²) >= 11 is 0. The van der Waals surface area contributed by atoms with E-state index in [0.29, 0.717) is 12.1 Å². The van der Waals surface area contributed by atoms with E-state index in [1.807, 2.05) is 37.3 Å². The minimum Gasteiger partial charge on any atom is -0.393 e. The molecular weight excluding hydrogens is 174 g/mol. The van der Waals surface area contributed by atoms with Crippen molar-refractivity contribution in [2.75, 3.05) is 6.61 Å². The number of hydrogen-bond donors (Lipinski definition) is 1. The van der Waals surface area contributed by atoms with Crippen molar-refractivity contribution in [2.45, 2.75) is 13.3 Å². The van der Waals surface area contributed by atoms with Gasteiger partial charge in [0, 0.05) is 0 Å². The zero-order chi connectivity index (χ0) is 10.4. The molecule has 2 nitrogen and oxygen atoms in total. The second-order valence-electron chi connectivity index (χ2n) is 2.94. The maximum absolute atomic E-state index is 9.09. The van der Waals surface area contributed by atoms with Crippen molar-refractivity contribution in [3.63, 3.8) is 0 Å². The Kier molecular flexibility index (Phi) is 3.90. The van der Waals surface area contributed by atoms with Crippen LogP contribution in [-0.4, -0.2) is 11.7 Å². The maximum Gasteiger partial charge on any atom is 0.195 e. The fourth-order valence-electron chi connectivity index (χ4n) is 1.30. The molecule has 0 saturated heterocycles. The highest BCUT2D eigenvalue weighted by Gasteiger charge is 2.06. The van der Waals surface area contributed by atoms with Crippen LogP contribution < -0.4 is 0 Å². The first-order valence-electron chi connectivity index (χ1n) is 4.59. The molecule has 1 aromatic rings. The fraction of sp³-hybridized carbons (Fsp3) is 0.250. The van der Waals surface area contributed by atoms with Gasteiger partial charge >= 0.3 is 0 Å². The summed E-state index contributed by atoms with van der Waals surface area (Å²) in [6.07, 6.45) is 0.711. The highest BCUT2D eigenvalue weighted by molar-refractivity contribution is 5.73. The molecule has 14 heavy (non-hydrogen) atoms. The van der Waals surface area contributed by atoms with Gasteiger partial charge in [0.1, 0.15) is 0 Å². The van der Waals surface area contributed by atoms with Gasteiger partial charge in [0.2, 0.25) is 0 Å². The van der Waals surface area contributed by atoms with Crippen LogP contribution in [-0.2, 0) is 0 Å². The molecule has 2 heteroatoms. The van der Waals surface area contributed by atoms with Crippen molar-refractivity contribution in [1.29, 1.82) is 0 Å². The third kappa shape index (κ3) is 2.21. The van der Waals surface area contributed by atoms with E-state index in [4.69, 9.17) is 11.7 Å². The Labute approximate surface area is 84.3 Å². The second kappa shape index (κ2) is 5.21. The van der Waals surface area contributed by atoms with Crippen LogP contribution in [0.4, 0.5) is 0 Å². The van der Waals surface area contributed by atoms with Crippen molar-refractivity contribution >= 4 is 5.70 Å². The van der Waals surface area contributed by atoms with Gasteiger partial charge in [0.05, 0.1) is 13.2 Å². The van der Waals surface area contributed by atoms with Crippen molar-refractivity contribution in [3.05, 3.63) is 52.9 Å². The van der Waals surface area contributed by atoms with Gasteiger partial charge in [0.15, 0.2) is 5.70 Å². The average Bonchev–Trinajstić information content (AvgIpc) is 2.27. The van der Waals surface area contributed by atoms with Crippen LogP contribution in [0.15, 0.2) is 35.9 Å². The van der Waals surface area contributed by atoms with Crippen LogP contribution in [0.1, 0.15) is 18.9 Å². The van der Waals surface area contributed by atoms with Crippen LogP contribution in [0.2, 0.25) is 0 Å². The molecule has 0 aliphatic rings. The first-order chi connectivity index (χ1) is 6.83. The van der Waals surface area contributed by atoms with E-state index in [0.717, 1.165) is 11.1 Å². The third-order valence-electron chi connectivity index (χ3n) is 2.11. The molecule has 0 spiro atoms. The van der Waals surface area contributed by atoms with E-state index in [-0.39, 0.29) is 6.61 Å². The Balaban J connectivity index is 3.17. The van der Waals surface area contributed by atoms with Crippen LogP contribution in [0, 0.1) is 6.57 Å². The number of aliphatic hydroxyl groups is 1. The SMILES string of the molecule is [C-]#[N+]/C(=C(/CC)CO)c1ccccc1. The highest BCUT2D eigenvalue weighted by Crippen LogP contribution is 2.21. The summed E-state index contributed by atoms with van der Waals surface area (Å²) in [7, 11) is 0. The maximum atomic E-state index is 9.09. The van der Waals surface area contributed by atoms with E-state index >= 15 is 0 Å². The number of rotatable bonds is 3. The van der Waals surface area contributed by atoms with E-state index < -0.39 is 0 Å². The van der Waals surface area contributed by atoms with Crippen molar-refractivity contribution in [2.24, 2.45) is 0 Å². The van der Waals surface area contributed by atoms with Gasteiger partial charge in [-0.3, -0.25) is 0 Å². The van der Waals surface area contributed by atoms with E-state index in [1.54, 1.807) is 0 Å². The number of benzene rings is 1.